The van der Waals surface area contributed by atoms with Crippen molar-refractivity contribution in [3.63, 3.8) is 0 Å². The van der Waals surface area contributed by atoms with E-state index in [4.69, 9.17) is 0 Å². The molecular formula is C17H23N3O3. The highest BCUT2D eigenvalue weighted by Gasteiger charge is 2.47. The van der Waals surface area contributed by atoms with Gasteiger partial charge in [0.05, 0.1) is 0 Å². The van der Waals surface area contributed by atoms with Crippen LogP contribution in [0.25, 0.3) is 0 Å². The van der Waals surface area contributed by atoms with Gasteiger partial charge in [0, 0.05) is 5.69 Å². The lowest BCUT2D eigenvalue weighted by Gasteiger charge is -2.22. The topological polar surface area (TPSA) is 78.5 Å². The molecule has 1 atom stereocenters. The first-order valence-corrected chi connectivity index (χ1v) is 7.81. The summed E-state index contributed by atoms with van der Waals surface area (Å²) in [4.78, 5) is 37.6. The molecule has 1 saturated heterocycles. The molecule has 4 amide bonds. The standard InChI is InChI=1S/C17H23N3O3/c1-12(2)9-10-17(3)15(22)20(16(23)19-17)11-14(21)18-13-7-5-4-6-8-13/h4-8,12H,9-11H2,1-3H3,(H,18,21)(H,19,23). The zero-order chi connectivity index (χ0) is 17.0. The van der Waals surface area contributed by atoms with Crippen molar-refractivity contribution in [2.45, 2.75) is 39.2 Å². The molecular weight excluding hydrogens is 294 g/mol. The summed E-state index contributed by atoms with van der Waals surface area (Å²) in [5.74, 6) is -0.300. The Balaban J connectivity index is 1.98. The number of anilines is 1. The van der Waals surface area contributed by atoms with Gasteiger partial charge in [0.25, 0.3) is 5.91 Å². The minimum absolute atomic E-state index is 0.281. The lowest BCUT2D eigenvalue weighted by molar-refractivity contribution is -0.133. The Morgan fingerprint density at radius 3 is 2.52 bits per heavy atom. The minimum Gasteiger partial charge on any atom is -0.325 e. The van der Waals surface area contributed by atoms with Crippen molar-refractivity contribution in [2.75, 3.05) is 11.9 Å². The summed E-state index contributed by atoms with van der Waals surface area (Å²) in [6.07, 6.45) is 1.39. The molecule has 0 radical (unpaired) electrons. The van der Waals surface area contributed by atoms with Crippen LogP contribution in [0, 0.1) is 5.92 Å². The number of hydrogen-bond acceptors (Lipinski definition) is 3. The van der Waals surface area contributed by atoms with Crippen molar-refractivity contribution in [3.8, 4) is 0 Å². The Morgan fingerprint density at radius 1 is 1.26 bits per heavy atom. The zero-order valence-electron chi connectivity index (χ0n) is 13.8. The number of imide groups is 1. The molecule has 0 aromatic heterocycles. The fourth-order valence-corrected chi connectivity index (χ4v) is 2.50. The van der Waals surface area contributed by atoms with Crippen molar-refractivity contribution in [2.24, 2.45) is 5.92 Å². The highest BCUT2D eigenvalue weighted by molar-refractivity contribution is 6.09. The molecule has 0 saturated carbocycles. The maximum Gasteiger partial charge on any atom is 0.325 e. The molecule has 2 rings (SSSR count). The van der Waals surface area contributed by atoms with Gasteiger partial charge in [-0.15, -0.1) is 0 Å². The van der Waals surface area contributed by atoms with Gasteiger partial charge < -0.3 is 10.6 Å². The average molecular weight is 317 g/mol. The van der Waals surface area contributed by atoms with Gasteiger partial charge in [0.15, 0.2) is 0 Å². The fourth-order valence-electron chi connectivity index (χ4n) is 2.50. The van der Waals surface area contributed by atoms with Crippen LogP contribution in [0.15, 0.2) is 30.3 Å². The minimum atomic E-state index is -0.922. The second kappa shape index (κ2) is 6.81. The number of carbonyl (C=O) groups is 3. The van der Waals surface area contributed by atoms with Crippen LogP contribution in [-0.4, -0.2) is 34.8 Å². The lowest BCUT2D eigenvalue weighted by Crippen LogP contribution is -2.44. The maximum absolute atomic E-state index is 12.5. The number of amides is 4. The van der Waals surface area contributed by atoms with E-state index in [9.17, 15) is 14.4 Å². The average Bonchev–Trinajstić information content (AvgIpc) is 2.70. The number of para-hydroxylation sites is 1. The Kier molecular flexibility index (Phi) is 5.03. The number of nitrogens with zero attached hydrogens (tertiary/aromatic N) is 1. The van der Waals surface area contributed by atoms with Gasteiger partial charge in [-0.05, 0) is 37.8 Å². The molecule has 1 aliphatic rings. The van der Waals surface area contributed by atoms with E-state index in [-0.39, 0.29) is 12.5 Å². The third-order valence-corrected chi connectivity index (χ3v) is 3.93. The normalized spacial score (nSPS) is 20.8. The Hall–Kier alpha value is -2.37. The van der Waals surface area contributed by atoms with Gasteiger partial charge in [-0.2, -0.15) is 0 Å². The largest absolute Gasteiger partial charge is 0.325 e. The number of rotatable bonds is 6. The van der Waals surface area contributed by atoms with E-state index in [1.807, 2.05) is 6.07 Å². The number of hydrogen-bond donors (Lipinski definition) is 2. The monoisotopic (exact) mass is 317 g/mol. The van der Waals surface area contributed by atoms with E-state index in [0.29, 0.717) is 18.0 Å². The van der Waals surface area contributed by atoms with Gasteiger partial charge >= 0.3 is 6.03 Å². The fraction of sp³-hybridized carbons (Fsp3) is 0.471. The van der Waals surface area contributed by atoms with Crippen molar-refractivity contribution in [1.82, 2.24) is 10.2 Å². The summed E-state index contributed by atoms with van der Waals surface area (Å²) in [5, 5.41) is 5.39. The van der Waals surface area contributed by atoms with Gasteiger partial charge in [0.2, 0.25) is 5.91 Å². The predicted molar refractivity (Wildman–Crippen MR) is 87.8 cm³/mol. The van der Waals surface area contributed by atoms with Crippen LogP contribution in [0.3, 0.4) is 0 Å². The molecule has 1 heterocycles. The predicted octanol–water partition coefficient (Wildman–Crippen LogP) is 2.37. The van der Waals surface area contributed by atoms with Crippen LogP contribution in [0.2, 0.25) is 0 Å². The lowest BCUT2D eigenvalue weighted by atomic mass is 9.92. The Labute approximate surface area is 136 Å². The second-order valence-corrected chi connectivity index (χ2v) is 6.50. The van der Waals surface area contributed by atoms with E-state index in [0.717, 1.165) is 11.3 Å². The van der Waals surface area contributed by atoms with Crippen LogP contribution in [0.4, 0.5) is 10.5 Å². The molecule has 1 aromatic carbocycles. The number of carbonyl (C=O) groups excluding carboxylic acids is 3. The Bertz CT molecular complexity index is 600. The van der Waals surface area contributed by atoms with Gasteiger partial charge in [-0.3, -0.25) is 14.5 Å². The van der Waals surface area contributed by atoms with Gasteiger partial charge in [-0.25, -0.2) is 4.79 Å². The molecule has 6 heteroatoms. The first-order valence-electron chi connectivity index (χ1n) is 7.81. The summed E-state index contributed by atoms with van der Waals surface area (Å²) in [7, 11) is 0. The summed E-state index contributed by atoms with van der Waals surface area (Å²) in [6, 6.07) is 8.42. The summed E-state index contributed by atoms with van der Waals surface area (Å²) in [5.41, 5.74) is -0.291. The van der Waals surface area contributed by atoms with Crippen LogP contribution >= 0.6 is 0 Å². The quantitative estimate of drug-likeness (QED) is 0.791. The van der Waals surface area contributed by atoms with Crippen LogP contribution < -0.4 is 10.6 Å². The first-order chi connectivity index (χ1) is 10.8. The molecule has 2 N–H and O–H groups in total. The molecule has 1 fully saturated rings. The molecule has 6 nitrogen and oxygen atoms in total. The number of benzene rings is 1. The van der Waals surface area contributed by atoms with E-state index in [1.165, 1.54) is 0 Å². The third-order valence-electron chi connectivity index (χ3n) is 3.93. The Morgan fingerprint density at radius 2 is 1.91 bits per heavy atom. The molecule has 1 unspecified atom stereocenters. The van der Waals surface area contributed by atoms with Crippen molar-refractivity contribution < 1.29 is 14.4 Å². The summed E-state index contributed by atoms with van der Waals surface area (Å²) < 4.78 is 0. The van der Waals surface area contributed by atoms with Crippen LogP contribution in [0.5, 0.6) is 0 Å². The molecule has 0 bridgehead atoms. The van der Waals surface area contributed by atoms with Crippen LogP contribution in [0.1, 0.15) is 33.6 Å². The number of nitrogens with one attached hydrogen (secondary N) is 2. The van der Waals surface area contributed by atoms with Gasteiger partial charge in [0.1, 0.15) is 12.1 Å². The first kappa shape index (κ1) is 17.0. The molecule has 1 aromatic rings. The van der Waals surface area contributed by atoms with E-state index in [2.05, 4.69) is 24.5 Å². The number of urea groups is 1. The maximum atomic E-state index is 12.5. The van der Waals surface area contributed by atoms with E-state index >= 15 is 0 Å². The highest BCUT2D eigenvalue weighted by atomic mass is 16.2. The SMILES string of the molecule is CC(C)CCC1(C)NC(=O)N(CC(=O)Nc2ccccc2)C1=O. The molecule has 124 valence electrons. The summed E-state index contributed by atoms with van der Waals surface area (Å²) in [6.45, 7) is 5.56. The second-order valence-electron chi connectivity index (χ2n) is 6.50. The van der Waals surface area contributed by atoms with Crippen molar-refractivity contribution in [1.29, 1.82) is 0 Å². The molecule has 0 spiro atoms. The highest BCUT2D eigenvalue weighted by Crippen LogP contribution is 2.24. The summed E-state index contributed by atoms with van der Waals surface area (Å²) >= 11 is 0. The third kappa shape index (κ3) is 4.09. The van der Waals surface area contributed by atoms with E-state index in [1.54, 1.807) is 31.2 Å². The molecule has 23 heavy (non-hydrogen) atoms. The van der Waals surface area contributed by atoms with Gasteiger partial charge in [-0.1, -0.05) is 32.0 Å². The zero-order valence-corrected chi connectivity index (χ0v) is 13.8. The smallest absolute Gasteiger partial charge is 0.325 e. The molecule has 0 aliphatic carbocycles. The van der Waals surface area contributed by atoms with Crippen molar-refractivity contribution >= 4 is 23.5 Å². The molecule has 1 aliphatic heterocycles. The van der Waals surface area contributed by atoms with Crippen LogP contribution in [-0.2, 0) is 9.59 Å². The van der Waals surface area contributed by atoms with E-state index < -0.39 is 17.5 Å². The van der Waals surface area contributed by atoms with Crippen molar-refractivity contribution in [3.05, 3.63) is 30.3 Å².